The van der Waals surface area contributed by atoms with Crippen LogP contribution in [0.5, 0.6) is 11.5 Å². The highest BCUT2D eigenvalue weighted by Gasteiger charge is 2.76. The number of phenols is 1. The molecule has 8 rings (SSSR count). The molecule has 14 heteroatoms. The normalized spacial score (nSPS) is 30.3. The van der Waals surface area contributed by atoms with E-state index in [1.165, 1.54) is 36.3 Å². The van der Waals surface area contributed by atoms with E-state index in [0.29, 0.717) is 30.0 Å². The molecule has 3 heterocycles. The number of hydrogen-bond donors (Lipinski definition) is 1. The van der Waals surface area contributed by atoms with Crippen LogP contribution >= 0.6 is 34.8 Å². The first-order valence-corrected chi connectivity index (χ1v) is 17.6. The number of methoxy groups -OCH3 is 1. The molecule has 4 amide bonds. The SMILES string of the molecule is COc1cc([C@H]2C3=CC[C@@H]4C(=O)N(c5ccc(N6CCOCC6)cc5)C(=O)[C@@H]4[C@@H]3C[C@@]3(Cl)C(=O)N(c4ccc(F)cc4)C(=O)[C@@]23Cl)cc(Cl)c1O. The number of imide groups is 2. The summed E-state index contributed by atoms with van der Waals surface area (Å²) in [4.78, 5) is 57.5. The summed E-state index contributed by atoms with van der Waals surface area (Å²) in [5.74, 6) is -7.08. The van der Waals surface area contributed by atoms with Crippen molar-refractivity contribution in [1.29, 1.82) is 0 Å². The van der Waals surface area contributed by atoms with Gasteiger partial charge in [0, 0.05) is 24.7 Å². The summed E-state index contributed by atoms with van der Waals surface area (Å²) in [6, 6.07) is 14.9. The summed E-state index contributed by atoms with van der Waals surface area (Å²) in [6.07, 6.45) is 1.73. The zero-order valence-electron chi connectivity index (χ0n) is 27.2. The first kappa shape index (κ1) is 34.0. The number of carbonyl (C=O) groups is 4. The summed E-state index contributed by atoms with van der Waals surface area (Å²) < 4.78 is 24.8. The standard InChI is InChI=1S/C37H31Cl3FN3O7/c1-50-28-17-19(16-27(38)31(28)45)30-24-10-11-25-29(33(47)43(32(25)46)22-8-6-21(7-9-22)42-12-14-51-15-13-42)26(24)18-36(39)34(48)44(35(49)37(30,36)40)23-4-2-20(41)3-5-23/h2-10,16-17,25-26,29-30,45H,11-15,18H2,1H3/t25-,26+,29-,30-,36+,37-/m0/s1. The fourth-order valence-corrected chi connectivity index (χ4v) is 9.73. The predicted molar refractivity (Wildman–Crippen MR) is 188 cm³/mol. The number of fused-ring (bicyclic) bond motifs is 4. The second kappa shape index (κ2) is 12.2. The van der Waals surface area contributed by atoms with E-state index in [1.54, 1.807) is 18.2 Å². The van der Waals surface area contributed by atoms with E-state index in [4.69, 9.17) is 44.3 Å². The maximum absolute atomic E-state index is 14.6. The molecule has 0 unspecified atom stereocenters. The fraction of sp³-hybridized carbons (Fsp3) is 0.351. The van der Waals surface area contributed by atoms with Gasteiger partial charge in [0.15, 0.2) is 21.2 Å². The van der Waals surface area contributed by atoms with Crippen LogP contribution in [-0.4, -0.2) is 71.9 Å². The Hall–Kier alpha value is -4.16. The minimum atomic E-state index is -2.17. The molecule has 51 heavy (non-hydrogen) atoms. The van der Waals surface area contributed by atoms with Gasteiger partial charge in [-0.05, 0) is 85.0 Å². The minimum Gasteiger partial charge on any atom is -0.503 e. The molecule has 0 aromatic heterocycles. The van der Waals surface area contributed by atoms with Crippen molar-refractivity contribution in [2.75, 3.05) is 48.1 Å². The number of nitrogens with zero attached hydrogens (tertiary/aromatic N) is 3. The van der Waals surface area contributed by atoms with E-state index in [2.05, 4.69) is 4.90 Å². The molecule has 0 bridgehead atoms. The number of halogens is 4. The molecule has 6 atom stereocenters. The van der Waals surface area contributed by atoms with Gasteiger partial charge in [-0.2, -0.15) is 0 Å². The quantitative estimate of drug-likeness (QED) is 0.198. The van der Waals surface area contributed by atoms with Crippen molar-refractivity contribution in [3.8, 4) is 11.5 Å². The Morgan fingerprint density at radius 2 is 1.49 bits per heavy atom. The second-order valence-corrected chi connectivity index (χ2v) is 15.1. The van der Waals surface area contributed by atoms with Gasteiger partial charge in [0.05, 0.1) is 48.6 Å². The fourth-order valence-electron chi connectivity index (χ4n) is 8.58. The molecule has 4 fully saturated rings. The van der Waals surface area contributed by atoms with Crippen LogP contribution in [0.25, 0.3) is 0 Å². The van der Waals surface area contributed by atoms with E-state index in [9.17, 15) is 28.7 Å². The first-order chi connectivity index (χ1) is 24.4. The highest BCUT2D eigenvalue weighted by molar-refractivity contribution is 6.58. The molecular weight excluding hydrogens is 724 g/mol. The summed E-state index contributed by atoms with van der Waals surface area (Å²) in [7, 11) is 1.33. The van der Waals surface area contributed by atoms with Crippen LogP contribution in [0.1, 0.15) is 24.3 Å². The van der Waals surface area contributed by atoms with Crippen molar-refractivity contribution < 1.29 is 38.1 Å². The van der Waals surface area contributed by atoms with Gasteiger partial charge in [-0.25, -0.2) is 9.29 Å². The number of morpholine rings is 1. The number of allylic oxidation sites excluding steroid dienone is 2. The van der Waals surface area contributed by atoms with Gasteiger partial charge in [0.25, 0.3) is 11.8 Å². The highest BCUT2D eigenvalue weighted by Crippen LogP contribution is 2.66. The number of hydrogen-bond acceptors (Lipinski definition) is 8. The topological polar surface area (TPSA) is 117 Å². The Bertz CT molecular complexity index is 2020. The summed E-state index contributed by atoms with van der Waals surface area (Å²) in [5, 5.41) is 10.5. The third kappa shape index (κ3) is 4.85. The summed E-state index contributed by atoms with van der Waals surface area (Å²) in [6.45, 7) is 2.66. The number of aromatic hydroxyl groups is 1. The van der Waals surface area contributed by atoms with Crippen molar-refractivity contribution in [2.45, 2.75) is 28.5 Å². The first-order valence-electron chi connectivity index (χ1n) is 16.5. The predicted octanol–water partition coefficient (Wildman–Crippen LogP) is 5.80. The molecule has 0 radical (unpaired) electrons. The van der Waals surface area contributed by atoms with Crippen LogP contribution in [0, 0.1) is 23.6 Å². The van der Waals surface area contributed by atoms with Crippen molar-refractivity contribution in [2.24, 2.45) is 17.8 Å². The Labute approximate surface area is 307 Å². The number of anilines is 3. The van der Waals surface area contributed by atoms with E-state index in [1.807, 2.05) is 12.1 Å². The Morgan fingerprint density at radius 1 is 0.863 bits per heavy atom. The lowest BCUT2D eigenvalue weighted by Crippen LogP contribution is -2.60. The van der Waals surface area contributed by atoms with Gasteiger partial charge in [-0.1, -0.05) is 23.3 Å². The second-order valence-electron chi connectivity index (χ2n) is 13.4. The number of ether oxygens (including phenoxy) is 2. The lowest BCUT2D eigenvalue weighted by molar-refractivity contribution is -0.125. The molecule has 3 aliphatic heterocycles. The minimum absolute atomic E-state index is 0.0136. The van der Waals surface area contributed by atoms with E-state index >= 15 is 0 Å². The zero-order chi connectivity index (χ0) is 36.0. The molecule has 3 aromatic carbocycles. The number of amides is 4. The highest BCUT2D eigenvalue weighted by atomic mass is 35.5. The Kier molecular flexibility index (Phi) is 8.14. The van der Waals surface area contributed by atoms with E-state index in [-0.39, 0.29) is 41.0 Å². The third-order valence-corrected chi connectivity index (χ3v) is 12.7. The Morgan fingerprint density at radius 3 is 2.16 bits per heavy atom. The molecule has 5 aliphatic rings. The molecule has 3 saturated heterocycles. The van der Waals surface area contributed by atoms with Crippen LogP contribution in [0.3, 0.4) is 0 Å². The third-order valence-electron chi connectivity index (χ3n) is 11.0. The number of phenolic OH excluding ortho intramolecular Hbond substituents is 1. The number of alkyl halides is 2. The zero-order valence-corrected chi connectivity index (χ0v) is 29.4. The molecular formula is C37H31Cl3FN3O7. The molecule has 264 valence electrons. The van der Waals surface area contributed by atoms with Crippen LogP contribution in [0.4, 0.5) is 21.5 Å². The molecule has 1 N–H and O–H groups in total. The monoisotopic (exact) mass is 753 g/mol. The average molecular weight is 755 g/mol. The summed E-state index contributed by atoms with van der Waals surface area (Å²) in [5.41, 5.74) is 2.27. The van der Waals surface area contributed by atoms with Gasteiger partial charge in [0.2, 0.25) is 11.8 Å². The lowest BCUT2D eigenvalue weighted by atomic mass is 9.56. The van der Waals surface area contributed by atoms with Crippen LogP contribution in [0.2, 0.25) is 5.02 Å². The molecule has 3 aromatic rings. The largest absolute Gasteiger partial charge is 0.503 e. The molecule has 1 saturated carbocycles. The number of rotatable bonds is 5. The maximum Gasteiger partial charge on any atom is 0.258 e. The van der Waals surface area contributed by atoms with Gasteiger partial charge >= 0.3 is 0 Å². The van der Waals surface area contributed by atoms with Gasteiger partial charge in [-0.3, -0.25) is 24.1 Å². The van der Waals surface area contributed by atoms with Crippen LogP contribution < -0.4 is 19.4 Å². The Balaban J connectivity index is 1.23. The van der Waals surface area contributed by atoms with Gasteiger partial charge in [0.1, 0.15) is 5.82 Å². The van der Waals surface area contributed by atoms with Crippen molar-refractivity contribution in [3.63, 3.8) is 0 Å². The van der Waals surface area contributed by atoms with Crippen LogP contribution in [-0.2, 0) is 23.9 Å². The molecule has 10 nitrogen and oxygen atoms in total. The summed E-state index contributed by atoms with van der Waals surface area (Å²) >= 11 is 21.3. The lowest BCUT2D eigenvalue weighted by Gasteiger charge is -2.50. The number of benzene rings is 3. The van der Waals surface area contributed by atoms with Crippen molar-refractivity contribution in [1.82, 2.24) is 0 Å². The van der Waals surface area contributed by atoms with E-state index in [0.717, 1.165) is 35.8 Å². The molecule has 2 aliphatic carbocycles. The van der Waals surface area contributed by atoms with Gasteiger partial charge < -0.3 is 19.5 Å². The average Bonchev–Trinajstić information content (AvgIpc) is 3.47. The van der Waals surface area contributed by atoms with Gasteiger partial charge in [-0.15, -0.1) is 23.2 Å². The molecule has 0 spiro atoms. The van der Waals surface area contributed by atoms with Crippen LogP contribution in [0.15, 0.2) is 72.3 Å². The smallest absolute Gasteiger partial charge is 0.258 e. The maximum atomic E-state index is 14.6. The number of carbonyl (C=O) groups excluding carboxylic acids is 4. The van der Waals surface area contributed by atoms with Crippen molar-refractivity contribution in [3.05, 3.63) is 88.7 Å². The van der Waals surface area contributed by atoms with E-state index < -0.39 is 57.0 Å². The van der Waals surface area contributed by atoms with Crippen molar-refractivity contribution >= 4 is 75.5 Å².